The minimum absolute atomic E-state index is 0.512. The van der Waals surface area contributed by atoms with Crippen LogP contribution in [-0.4, -0.2) is 41.4 Å². The van der Waals surface area contributed by atoms with E-state index in [4.69, 9.17) is 11.6 Å². The molecular weight excluding hydrogens is 360 g/mol. The van der Waals surface area contributed by atoms with Crippen LogP contribution in [0.1, 0.15) is 5.56 Å². The maximum Gasteiger partial charge on any atom is 0.244 e. The van der Waals surface area contributed by atoms with Gasteiger partial charge in [0.05, 0.1) is 6.20 Å². The largest absolute Gasteiger partial charge is 0.368 e. The van der Waals surface area contributed by atoms with Crippen molar-refractivity contribution in [1.29, 1.82) is 0 Å². The molecule has 1 aliphatic heterocycles. The Bertz CT molecular complexity index is 880. The highest BCUT2D eigenvalue weighted by Crippen LogP contribution is 2.20. The number of halogens is 1. The molecule has 1 N–H and O–H groups in total. The number of para-hydroxylation sites is 1. The highest BCUT2D eigenvalue weighted by atomic mass is 35.5. The lowest BCUT2D eigenvalue weighted by Gasteiger charge is -2.36. The molecule has 0 amide bonds. The summed E-state index contributed by atoms with van der Waals surface area (Å²) >= 11 is 6.20. The van der Waals surface area contributed by atoms with Crippen molar-refractivity contribution >= 4 is 29.1 Å². The van der Waals surface area contributed by atoms with Crippen molar-refractivity contribution in [3.63, 3.8) is 0 Å². The van der Waals surface area contributed by atoms with Crippen molar-refractivity contribution < 1.29 is 0 Å². The Kier molecular flexibility index (Phi) is 5.34. The van der Waals surface area contributed by atoms with Gasteiger partial charge in [-0.25, -0.2) is 0 Å². The molecule has 1 aliphatic rings. The van der Waals surface area contributed by atoms with Crippen LogP contribution in [-0.2, 0) is 6.54 Å². The zero-order valence-corrected chi connectivity index (χ0v) is 15.7. The van der Waals surface area contributed by atoms with Gasteiger partial charge in [-0.15, -0.1) is 5.10 Å². The molecule has 0 spiro atoms. The van der Waals surface area contributed by atoms with Gasteiger partial charge in [0, 0.05) is 43.4 Å². The first-order chi connectivity index (χ1) is 13.3. The summed E-state index contributed by atoms with van der Waals surface area (Å²) in [5.74, 6) is 1.36. The average molecular weight is 381 g/mol. The van der Waals surface area contributed by atoms with Crippen molar-refractivity contribution in [3.05, 3.63) is 71.4 Å². The summed E-state index contributed by atoms with van der Waals surface area (Å²) in [6, 6.07) is 18.2. The molecule has 138 valence electrons. The predicted octanol–water partition coefficient (Wildman–Crippen LogP) is 3.46. The van der Waals surface area contributed by atoms with Crippen molar-refractivity contribution in [1.82, 2.24) is 15.2 Å². The summed E-state index contributed by atoms with van der Waals surface area (Å²) < 4.78 is 0. The van der Waals surface area contributed by atoms with E-state index >= 15 is 0 Å². The van der Waals surface area contributed by atoms with E-state index in [-0.39, 0.29) is 0 Å². The molecule has 0 unspecified atom stereocenters. The van der Waals surface area contributed by atoms with Gasteiger partial charge in [-0.05, 0) is 23.8 Å². The fourth-order valence-electron chi connectivity index (χ4n) is 3.17. The highest BCUT2D eigenvalue weighted by molar-refractivity contribution is 6.31. The Hall–Kier alpha value is -2.86. The van der Waals surface area contributed by atoms with Gasteiger partial charge in [0.15, 0.2) is 5.82 Å². The quantitative estimate of drug-likeness (QED) is 0.731. The predicted molar refractivity (Wildman–Crippen MR) is 109 cm³/mol. The van der Waals surface area contributed by atoms with E-state index < -0.39 is 0 Å². The molecular formula is C20H21ClN6. The van der Waals surface area contributed by atoms with E-state index in [2.05, 4.69) is 54.6 Å². The van der Waals surface area contributed by atoms with Gasteiger partial charge >= 0.3 is 0 Å². The number of nitrogens with zero attached hydrogens (tertiary/aromatic N) is 5. The van der Waals surface area contributed by atoms with Gasteiger partial charge in [-0.3, -0.25) is 0 Å². The summed E-state index contributed by atoms with van der Waals surface area (Å²) in [7, 11) is 0. The number of anilines is 3. The van der Waals surface area contributed by atoms with E-state index in [1.807, 2.05) is 30.3 Å². The Labute approximate surface area is 163 Å². The van der Waals surface area contributed by atoms with E-state index in [0.29, 0.717) is 12.5 Å². The van der Waals surface area contributed by atoms with E-state index in [1.165, 1.54) is 5.69 Å². The van der Waals surface area contributed by atoms with Gasteiger partial charge in [0.1, 0.15) is 0 Å². The molecule has 2 aromatic carbocycles. The number of hydrogen-bond donors (Lipinski definition) is 1. The van der Waals surface area contributed by atoms with Crippen LogP contribution in [0, 0.1) is 0 Å². The van der Waals surface area contributed by atoms with Crippen LogP contribution in [0.15, 0.2) is 60.8 Å². The molecule has 1 aromatic heterocycles. The van der Waals surface area contributed by atoms with Crippen LogP contribution in [0.2, 0.25) is 5.02 Å². The van der Waals surface area contributed by atoms with Gasteiger partial charge in [0.2, 0.25) is 5.95 Å². The van der Waals surface area contributed by atoms with Gasteiger partial charge < -0.3 is 15.1 Å². The third kappa shape index (κ3) is 4.28. The molecule has 1 fully saturated rings. The van der Waals surface area contributed by atoms with Crippen LogP contribution >= 0.6 is 11.6 Å². The minimum atomic E-state index is 0.512. The normalized spacial score (nSPS) is 14.3. The highest BCUT2D eigenvalue weighted by Gasteiger charge is 2.19. The maximum atomic E-state index is 6.20. The summed E-state index contributed by atoms with van der Waals surface area (Å²) in [6.07, 6.45) is 1.72. The first-order valence-electron chi connectivity index (χ1n) is 9.01. The third-order valence-electron chi connectivity index (χ3n) is 4.67. The Morgan fingerprint density at radius 3 is 2.37 bits per heavy atom. The Morgan fingerprint density at radius 2 is 1.59 bits per heavy atom. The maximum absolute atomic E-state index is 6.20. The summed E-state index contributed by atoms with van der Waals surface area (Å²) in [5.41, 5.74) is 2.27. The van der Waals surface area contributed by atoms with Gasteiger partial charge in [-0.1, -0.05) is 48.0 Å². The summed E-state index contributed by atoms with van der Waals surface area (Å²) in [5, 5.41) is 12.1. The van der Waals surface area contributed by atoms with Gasteiger partial charge in [0.25, 0.3) is 0 Å². The van der Waals surface area contributed by atoms with Crippen LogP contribution in [0.3, 0.4) is 0 Å². The molecule has 4 rings (SSSR count). The number of benzene rings is 2. The first kappa shape index (κ1) is 17.5. The van der Waals surface area contributed by atoms with Crippen molar-refractivity contribution in [2.75, 3.05) is 41.3 Å². The molecule has 2 heterocycles. The zero-order valence-electron chi connectivity index (χ0n) is 14.9. The van der Waals surface area contributed by atoms with Crippen LogP contribution in [0.4, 0.5) is 17.5 Å². The second-order valence-corrected chi connectivity index (χ2v) is 6.80. The lowest BCUT2D eigenvalue weighted by molar-refractivity contribution is 0.644. The lowest BCUT2D eigenvalue weighted by atomic mass is 10.2. The van der Waals surface area contributed by atoms with Crippen LogP contribution < -0.4 is 15.1 Å². The van der Waals surface area contributed by atoms with Crippen LogP contribution in [0.25, 0.3) is 0 Å². The molecule has 6 nitrogen and oxygen atoms in total. The standard InChI is InChI=1S/C20H21ClN6/c21-18-9-5-4-6-16(18)14-22-20-24-19(15-23-25-20)27-12-10-26(11-13-27)17-7-2-1-3-8-17/h1-9,15H,10-14H2,(H,22,24,25). The molecule has 0 aliphatic carbocycles. The molecule has 0 radical (unpaired) electrons. The fraction of sp³-hybridized carbons (Fsp3) is 0.250. The summed E-state index contributed by atoms with van der Waals surface area (Å²) in [6.45, 7) is 4.27. The Morgan fingerprint density at radius 1 is 0.889 bits per heavy atom. The lowest BCUT2D eigenvalue weighted by Crippen LogP contribution is -2.46. The minimum Gasteiger partial charge on any atom is -0.368 e. The van der Waals surface area contributed by atoms with Gasteiger partial charge in [-0.2, -0.15) is 10.1 Å². The van der Waals surface area contributed by atoms with Crippen molar-refractivity contribution in [2.45, 2.75) is 6.54 Å². The smallest absolute Gasteiger partial charge is 0.244 e. The SMILES string of the molecule is Clc1ccccc1CNc1nncc(N2CCN(c3ccccc3)CC2)n1. The first-order valence-corrected chi connectivity index (χ1v) is 9.39. The number of hydrogen-bond acceptors (Lipinski definition) is 6. The topological polar surface area (TPSA) is 57.2 Å². The van der Waals surface area contributed by atoms with E-state index in [0.717, 1.165) is 42.6 Å². The Balaban J connectivity index is 1.37. The second kappa shape index (κ2) is 8.22. The van der Waals surface area contributed by atoms with Crippen molar-refractivity contribution in [2.24, 2.45) is 0 Å². The van der Waals surface area contributed by atoms with Crippen molar-refractivity contribution in [3.8, 4) is 0 Å². The molecule has 3 aromatic rings. The number of rotatable bonds is 5. The molecule has 0 saturated carbocycles. The van der Waals surface area contributed by atoms with E-state index in [1.54, 1.807) is 6.20 Å². The number of aromatic nitrogens is 3. The molecule has 0 bridgehead atoms. The second-order valence-electron chi connectivity index (χ2n) is 6.39. The molecule has 1 saturated heterocycles. The summed E-state index contributed by atoms with van der Waals surface area (Å²) in [4.78, 5) is 9.25. The third-order valence-corrected chi connectivity index (χ3v) is 5.03. The monoisotopic (exact) mass is 380 g/mol. The molecule has 7 heteroatoms. The molecule has 0 atom stereocenters. The fourth-order valence-corrected chi connectivity index (χ4v) is 3.37. The molecule has 27 heavy (non-hydrogen) atoms. The zero-order chi connectivity index (χ0) is 18.5. The average Bonchev–Trinajstić information content (AvgIpc) is 2.74. The number of nitrogens with one attached hydrogen (secondary N) is 1. The van der Waals surface area contributed by atoms with E-state index in [9.17, 15) is 0 Å². The van der Waals surface area contributed by atoms with Crippen LogP contribution in [0.5, 0.6) is 0 Å². The number of piperazine rings is 1.